The quantitative estimate of drug-likeness (QED) is 0.414. The largest absolute Gasteiger partial charge is 0.497 e. The molecule has 2 rings (SSSR count). The summed E-state index contributed by atoms with van der Waals surface area (Å²) in [5.74, 6) is 0.546. The zero-order valence-corrected chi connectivity index (χ0v) is 14.9. The van der Waals surface area contributed by atoms with Crippen LogP contribution in [-0.4, -0.2) is 25.9 Å². The number of ether oxygens (including phenoxy) is 2. The van der Waals surface area contributed by atoms with Crippen LogP contribution in [-0.2, 0) is 9.53 Å². The Kier molecular flexibility index (Phi) is 6.96. The number of rotatable bonds is 7. The van der Waals surface area contributed by atoms with Gasteiger partial charge in [0, 0.05) is 11.8 Å². The van der Waals surface area contributed by atoms with E-state index in [9.17, 15) is 4.79 Å². The molecule has 2 aromatic rings. The second kappa shape index (κ2) is 9.42. The van der Waals surface area contributed by atoms with Crippen LogP contribution in [0.15, 0.2) is 59.1 Å². The smallest absolute Gasteiger partial charge is 0.333 e. The minimum Gasteiger partial charge on any atom is -0.497 e. The highest BCUT2D eigenvalue weighted by molar-refractivity contribution is 5.93. The van der Waals surface area contributed by atoms with Gasteiger partial charge in [-0.05, 0) is 66.9 Å². The summed E-state index contributed by atoms with van der Waals surface area (Å²) in [6.45, 7) is 4.17. The molecule has 0 fully saturated rings. The Bertz CT molecular complexity index is 744. The molecule has 0 aromatic heterocycles. The average Bonchev–Trinajstić information content (AvgIpc) is 2.65. The number of aliphatic imine (C=N–C) groups is 1. The Hall–Kier alpha value is -2.88. The zero-order chi connectivity index (χ0) is 18.1. The van der Waals surface area contributed by atoms with Gasteiger partial charge in [0.15, 0.2) is 0 Å². The molecule has 130 valence electrons. The van der Waals surface area contributed by atoms with E-state index < -0.39 is 0 Å². The summed E-state index contributed by atoms with van der Waals surface area (Å²) in [4.78, 5) is 16.2. The molecule has 25 heavy (non-hydrogen) atoms. The topological polar surface area (TPSA) is 47.9 Å². The predicted molar refractivity (Wildman–Crippen MR) is 102 cm³/mol. The molecular weight excluding hydrogens is 314 g/mol. The van der Waals surface area contributed by atoms with Gasteiger partial charge in [-0.2, -0.15) is 0 Å². The fraction of sp³-hybridized carbons (Fsp3) is 0.238. The molecule has 0 radical (unpaired) electrons. The van der Waals surface area contributed by atoms with Gasteiger partial charge in [-0.1, -0.05) is 19.1 Å². The lowest BCUT2D eigenvalue weighted by Crippen LogP contribution is -2.06. The lowest BCUT2D eigenvalue weighted by Gasteiger charge is -2.03. The standard InChI is InChI=1S/C21H23NO3/c1-4-13-25-21(23)16(2)14-17-5-9-19(10-6-17)22-15-18-7-11-20(24-3)12-8-18/h5-12,14-15H,4,13H2,1-3H3/b16-14+,22-15+. The molecule has 2 aromatic carbocycles. The average molecular weight is 337 g/mol. The Morgan fingerprint density at radius 2 is 1.68 bits per heavy atom. The lowest BCUT2D eigenvalue weighted by molar-refractivity contribution is -0.138. The number of methoxy groups -OCH3 is 1. The third-order valence-corrected chi connectivity index (χ3v) is 3.51. The van der Waals surface area contributed by atoms with Gasteiger partial charge in [-0.3, -0.25) is 4.99 Å². The summed E-state index contributed by atoms with van der Waals surface area (Å²) in [6.07, 6.45) is 4.44. The van der Waals surface area contributed by atoms with Crippen LogP contribution in [0.3, 0.4) is 0 Å². The van der Waals surface area contributed by atoms with Crippen molar-refractivity contribution in [2.45, 2.75) is 20.3 Å². The van der Waals surface area contributed by atoms with Crippen LogP contribution in [0.4, 0.5) is 5.69 Å². The lowest BCUT2D eigenvalue weighted by atomic mass is 10.1. The van der Waals surface area contributed by atoms with Crippen LogP contribution in [0.1, 0.15) is 31.4 Å². The summed E-state index contributed by atoms with van der Waals surface area (Å²) in [7, 11) is 1.64. The molecule has 0 atom stereocenters. The Labute approximate surface area is 148 Å². The maximum absolute atomic E-state index is 11.8. The second-order valence-corrected chi connectivity index (χ2v) is 5.59. The molecule has 4 heteroatoms. The van der Waals surface area contributed by atoms with Crippen LogP contribution in [0.5, 0.6) is 5.75 Å². The summed E-state index contributed by atoms with van der Waals surface area (Å²) >= 11 is 0. The van der Waals surface area contributed by atoms with E-state index in [4.69, 9.17) is 9.47 Å². The van der Waals surface area contributed by atoms with E-state index in [2.05, 4.69) is 4.99 Å². The van der Waals surface area contributed by atoms with Gasteiger partial charge in [0.05, 0.1) is 19.4 Å². The van der Waals surface area contributed by atoms with Crippen molar-refractivity contribution >= 4 is 23.9 Å². The molecule has 0 aliphatic rings. The van der Waals surface area contributed by atoms with Crippen LogP contribution in [0.2, 0.25) is 0 Å². The van der Waals surface area contributed by atoms with Crippen molar-refractivity contribution in [3.63, 3.8) is 0 Å². The van der Waals surface area contributed by atoms with E-state index >= 15 is 0 Å². The number of esters is 1. The van der Waals surface area contributed by atoms with Gasteiger partial charge in [0.25, 0.3) is 0 Å². The number of carbonyl (C=O) groups excluding carboxylic acids is 1. The minimum absolute atomic E-state index is 0.275. The molecule has 0 N–H and O–H groups in total. The third kappa shape index (κ3) is 5.92. The SMILES string of the molecule is CCCOC(=O)/C(C)=C/c1ccc(/N=C/c2ccc(OC)cc2)cc1. The number of hydrogen-bond acceptors (Lipinski definition) is 4. The predicted octanol–water partition coefficient (Wildman–Crippen LogP) is 4.80. The molecule has 0 unspecified atom stereocenters. The van der Waals surface area contributed by atoms with Gasteiger partial charge in [-0.15, -0.1) is 0 Å². The van der Waals surface area contributed by atoms with Crippen molar-refractivity contribution in [1.82, 2.24) is 0 Å². The molecule has 0 spiro atoms. The molecule has 0 heterocycles. The van der Waals surface area contributed by atoms with E-state index in [0.717, 1.165) is 29.0 Å². The molecule has 0 saturated carbocycles. The normalized spacial score (nSPS) is 11.6. The number of hydrogen-bond donors (Lipinski definition) is 0. The van der Waals surface area contributed by atoms with Crippen LogP contribution >= 0.6 is 0 Å². The first-order chi connectivity index (χ1) is 12.1. The fourth-order valence-electron chi connectivity index (χ4n) is 2.11. The summed E-state index contributed by atoms with van der Waals surface area (Å²) in [5.41, 5.74) is 3.37. The monoisotopic (exact) mass is 337 g/mol. The van der Waals surface area contributed by atoms with E-state index in [-0.39, 0.29) is 5.97 Å². The van der Waals surface area contributed by atoms with Gasteiger partial charge < -0.3 is 9.47 Å². The van der Waals surface area contributed by atoms with E-state index in [0.29, 0.717) is 12.2 Å². The first-order valence-electron chi connectivity index (χ1n) is 8.26. The van der Waals surface area contributed by atoms with Crippen LogP contribution < -0.4 is 4.74 Å². The Morgan fingerprint density at radius 3 is 2.28 bits per heavy atom. The van der Waals surface area contributed by atoms with Crippen molar-refractivity contribution in [3.8, 4) is 5.75 Å². The van der Waals surface area contributed by atoms with Crippen molar-refractivity contribution in [2.24, 2.45) is 4.99 Å². The van der Waals surface area contributed by atoms with E-state index in [1.54, 1.807) is 20.2 Å². The highest BCUT2D eigenvalue weighted by Gasteiger charge is 2.04. The number of nitrogens with zero attached hydrogens (tertiary/aromatic N) is 1. The van der Waals surface area contributed by atoms with Crippen molar-refractivity contribution in [1.29, 1.82) is 0 Å². The van der Waals surface area contributed by atoms with E-state index in [1.807, 2.05) is 61.5 Å². The fourth-order valence-corrected chi connectivity index (χ4v) is 2.11. The van der Waals surface area contributed by atoms with Crippen molar-refractivity contribution < 1.29 is 14.3 Å². The van der Waals surface area contributed by atoms with Gasteiger partial charge in [0.2, 0.25) is 0 Å². The van der Waals surface area contributed by atoms with E-state index in [1.165, 1.54) is 0 Å². The molecule has 0 aliphatic heterocycles. The zero-order valence-electron chi connectivity index (χ0n) is 14.9. The number of benzene rings is 2. The van der Waals surface area contributed by atoms with Crippen LogP contribution in [0.25, 0.3) is 6.08 Å². The molecule has 0 bridgehead atoms. The van der Waals surface area contributed by atoms with Gasteiger partial charge in [0.1, 0.15) is 5.75 Å². The molecule has 0 aliphatic carbocycles. The first kappa shape index (κ1) is 18.5. The highest BCUT2D eigenvalue weighted by atomic mass is 16.5. The maximum Gasteiger partial charge on any atom is 0.333 e. The van der Waals surface area contributed by atoms with Crippen molar-refractivity contribution in [2.75, 3.05) is 13.7 Å². The first-order valence-corrected chi connectivity index (χ1v) is 8.26. The maximum atomic E-state index is 11.8. The molecule has 0 saturated heterocycles. The Morgan fingerprint density at radius 1 is 1.04 bits per heavy atom. The summed E-state index contributed by atoms with van der Waals surface area (Å²) < 4.78 is 10.2. The molecule has 4 nitrogen and oxygen atoms in total. The second-order valence-electron chi connectivity index (χ2n) is 5.59. The molecule has 0 amide bonds. The third-order valence-electron chi connectivity index (χ3n) is 3.51. The van der Waals surface area contributed by atoms with Crippen LogP contribution in [0, 0.1) is 0 Å². The molecular formula is C21H23NO3. The van der Waals surface area contributed by atoms with Gasteiger partial charge >= 0.3 is 5.97 Å². The highest BCUT2D eigenvalue weighted by Crippen LogP contribution is 2.16. The minimum atomic E-state index is -0.275. The summed E-state index contributed by atoms with van der Waals surface area (Å²) in [6, 6.07) is 15.4. The Balaban J connectivity index is 2.01. The van der Waals surface area contributed by atoms with Crippen molar-refractivity contribution in [3.05, 3.63) is 65.2 Å². The van der Waals surface area contributed by atoms with Gasteiger partial charge in [-0.25, -0.2) is 4.79 Å². The summed E-state index contributed by atoms with van der Waals surface area (Å²) in [5, 5.41) is 0. The number of carbonyl (C=O) groups is 1.